The van der Waals surface area contributed by atoms with Gasteiger partial charge in [-0.3, -0.25) is 0 Å². The molecule has 0 aromatic carbocycles. The van der Waals surface area contributed by atoms with Crippen molar-refractivity contribution < 1.29 is 4.39 Å². The van der Waals surface area contributed by atoms with Crippen LogP contribution in [0.2, 0.25) is 5.02 Å². The highest BCUT2D eigenvalue weighted by atomic mass is 35.5. The van der Waals surface area contributed by atoms with E-state index >= 15 is 0 Å². The molecule has 3 aromatic rings. The Morgan fingerprint density at radius 2 is 2.23 bits per heavy atom. The van der Waals surface area contributed by atoms with Crippen LogP contribution in [0.25, 0.3) is 22.4 Å². The number of hydrogen-bond donors (Lipinski definition) is 2. The van der Waals surface area contributed by atoms with Crippen LogP contribution in [0.4, 0.5) is 10.2 Å². The van der Waals surface area contributed by atoms with Gasteiger partial charge in [0.2, 0.25) is 0 Å². The van der Waals surface area contributed by atoms with Crippen LogP contribution in [0.15, 0.2) is 24.7 Å². The van der Waals surface area contributed by atoms with Gasteiger partial charge in [-0.2, -0.15) is 0 Å². The Balaban J connectivity index is 1.50. The fourth-order valence-corrected chi connectivity index (χ4v) is 5.13. The number of piperidine rings is 1. The van der Waals surface area contributed by atoms with Gasteiger partial charge in [-0.25, -0.2) is 23.6 Å². The summed E-state index contributed by atoms with van der Waals surface area (Å²) >= 11 is 8.01. The Labute approximate surface area is 185 Å². The predicted octanol–water partition coefficient (Wildman–Crippen LogP) is 5.53. The standard InChI is InChI=1S/C21H26ClFN6S/c1-2-3-8-30-29-7-5-4-6-15(29)11-25-21-18(23)13-27-20(28-21)17-12-26-19-16(17)9-14(22)10-24-19/h9-10,12-13,15H,2-8,11H2,1H3,(H,24,26)(H,25,27,28). The van der Waals surface area contributed by atoms with Crippen molar-refractivity contribution >= 4 is 40.4 Å². The molecule has 0 saturated carbocycles. The first kappa shape index (κ1) is 21.3. The Morgan fingerprint density at radius 3 is 3.10 bits per heavy atom. The summed E-state index contributed by atoms with van der Waals surface area (Å²) in [7, 11) is 0. The first-order valence-electron chi connectivity index (χ1n) is 10.4. The van der Waals surface area contributed by atoms with Crippen molar-refractivity contribution in [3.05, 3.63) is 35.5 Å². The number of rotatable bonds is 8. The van der Waals surface area contributed by atoms with Gasteiger partial charge in [0.1, 0.15) is 5.65 Å². The number of hydrogen-bond acceptors (Lipinski definition) is 6. The van der Waals surface area contributed by atoms with Crippen molar-refractivity contribution in [1.82, 2.24) is 24.2 Å². The summed E-state index contributed by atoms with van der Waals surface area (Å²) in [6, 6.07) is 2.18. The monoisotopic (exact) mass is 448 g/mol. The van der Waals surface area contributed by atoms with Gasteiger partial charge in [0.05, 0.1) is 11.2 Å². The molecule has 30 heavy (non-hydrogen) atoms. The van der Waals surface area contributed by atoms with E-state index in [9.17, 15) is 4.39 Å². The molecular weight excluding hydrogens is 423 g/mol. The molecule has 0 radical (unpaired) electrons. The largest absolute Gasteiger partial charge is 0.366 e. The van der Waals surface area contributed by atoms with Crippen LogP contribution in [0.3, 0.4) is 0 Å². The number of halogens is 2. The molecule has 0 spiro atoms. The van der Waals surface area contributed by atoms with Crippen LogP contribution in [-0.2, 0) is 0 Å². The highest BCUT2D eigenvalue weighted by Gasteiger charge is 2.23. The maximum atomic E-state index is 14.4. The molecule has 160 valence electrons. The zero-order chi connectivity index (χ0) is 20.9. The van der Waals surface area contributed by atoms with Gasteiger partial charge in [-0.1, -0.05) is 43.3 Å². The van der Waals surface area contributed by atoms with E-state index in [2.05, 4.69) is 36.5 Å². The molecular formula is C21H26ClFN6S. The number of H-pyrrole nitrogens is 1. The van der Waals surface area contributed by atoms with E-state index in [1.54, 1.807) is 12.4 Å². The van der Waals surface area contributed by atoms with Crippen molar-refractivity contribution in [1.29, 1.82) is 0 Å². The number of fused-ring (bicyclic) bond motifs is 1. The lowest BCUT2D eigenvalue weighted by Gasteiger charge is -2.34. The first-order chi connectivity index (χ1) is 14.7. The van der Waals surface area contributed by atoms with Crippen molar-refractivity contribution in [2.45, 2.75) is 45.1 Å². The van der Waals surface area contributed by atoms with E-state index < -0.39 is 5.82 Å². The lowest BCUT2D eigenvalue weighted by Crippen LogP contribution is -2.39. The molecule has 1 fully saturated rings. The predicted molar refractivity (Wildman–Crippen MR) is 122 cm³/mol. The van der Waals surface area contributed by atoms with Gasteiger partial charge in [0, 0.05) is 48.2 Å². The van der Waals surface area contributed by atoms with Gasteiger partial charge in [0.25, 0.3) is 0 Å². The van der Waals surface area contributed by atoms with E-state index in [0.717, 1.165) is 29.7 Å². The van der Waals surface area contributed by atoms with Crippen molar-refractivity contribution in [3.63, 3.8) is 0 Å². The fraction of sp³-hybridized carbons (Fsp3) is 0.476. The third-order valence-electron chi connectivity index (χ3n) is 5.32. The minimum atomic E-state index is -0.448. The molecule has 0 aliphatic carbocycles. The van der Waals surface area contributed by atoms with Crippen molar-refractivity contribution in [2.75, 3.05) is 24.2 Å². The number of pyridine rings is 1. The van der Waals surface area contributed by atoms with Gasteiger partial charge in [-0.05, 0) is 25.3 Å². The van der Waals surface area contributed by atoms with Crippen LogP contribution < -0.4 is 5.32 Å². The summed E-state index contributed by atoms with van der Waals surface area (Å²) < 4.78 is 16.9. The van der Waals surface area contributed by atoms with E-state index in [1.165, 1.54) is 31.9 Å². The zero-order valence-corrected chi connectivity index (χ0v) is 18.6. The minimum absolute atomic E-state index is 0.230. The number of anilines is 1. The first-order valence-corrected chi connectivity index (χ1v) is 11.8. The molecule has 9 heteroatoms. The summed E-state index contributed by atoms with van der Waals surface area (Å²) in [4.78, 5) is 16.0. The highest BCUT2D eigenvalue weighted by molar-refractivity contribution is 7.97. The maximum Gasteiger partial charge on any atom is 0.183 e. The minimum Gasteiger partial charge on any atom is -0.366 e. The van der Waals surface area contributed by atoms with Gasteiger partial charge < -0.3 is 10.3 Å². The van der Waals surface area contributed by atoms with E-state index in [1.807, 2.05) is 18.0 Å². The van der Waals surface area contributed by atoms with E-state index in [0.29, 0.717) is 29.1 Å². The lowest BCUT2D eigenvalue weighted by molar-refractivity contribution is 0.284. The zero-order valence-electron chi connectivity index (χ0n) is 17.0. The Morgan fingerprint density at radius 1 is 1.33 bits per heavy atom. The quantitative estimate of drug-likeness (QED) is 0.349. The van der Waals surface area contributed by atoms with Gasteiger partial charge in [-0.15, -0.1) is 0 Å². The Hall–Kier alpha value is -1.90. The van der Waals surface area contributed by atoms with E-state index in [4.69, 9.17) is 11.6 Å². The third-order valence-corrected chi connectivity index (χ3v) is 6.81. The number of nitrogens with one attached hydrogen (secondary N) is 2. The maximum absolute atomic E-state index is 14.4. The van der Waals surface area contributed by atoms with Gasteiger partial charge >= 0.3 is 0 Å². The molecule has 1 aliphatic heterocycles. The molecule has 3 aromatic heterocycles. The van der Waals surface area contributed by atoms with Crippen LogP contribution in [0.1, 0.15) is 39.0 Å². The van der Waals surface area contributed by atoms with Gasteiger partial charge in [0.15, 0.2) is 17.5 Å². The molecule has 4 heterocycles. The Kier molecular flexibility index (Phi) is 7.07. The van der Waals surface area contributed by atoms with Crippen molar-refractivity contribution in [2.24, 2.45) is 0 Å². The normalized spacial score (nSPS) is 17.5. The van der Waals surface area contributed by atoms with Crippen LogP contribution in [0, 0.1) is 5.82 Å². The molecule has 0 amide bonds. The second-order valence-electron chi connectivity index (χ2n) is 7.50. The smallest absolute Gasteiger partial charge is 0.183 e. The van der Waals surface area contributed by atoms with Crippen molar-refractivity contribution in [3.8, 4) is 11.4 Å². The summed E-state index contributed by atoms with van der Waals surface area (Å²) in [6.45, 7) is 3.96. The number of unbranched alkanes of at least 4 members (excludes halogenated alkanes) is 1. The number of aromatic amines is 1. The average molecular weight is 449 g/mol. The average Bonchev–Trinajstić information content (AvgIpc) is 3.17. The van der Waals surface area contributed by atoms with E-state index in [-0.39, 0.29) is 5.82 Å². The van der Waals surface area contributed by atoms with Crippen LogP contribution >= 0.6 is 23.5 Å². The summed E-state index contributed by atoms with van der Waals surface area (Å²) in [5.41, 5.74) is 1.44. The van der Waals surface area contributed by atoms with Crippen LogP contribution in [-0.4, -0.2) is 49.1 Å². The van der Waals surface area contributed by atoms with Crippen LogP contribution in [0.5, 0.6) is 0 Å². The molecule has 1 saturated heterocycles. The molecule has 1 atom stereocenters. The molecule has 6 nitrogen and oxygen atoms in total. The second-order valence-corrected chi connectivity index (χ2v) is 9.07. The molecule has 2 N–H and O–H groups in total. The molecule has 1 unspecified atom stereocenters. The summed E-state index contributed by atoms with van der Waals surface area (Å²) in [5, 5.41) is 4.57. The SMILES string of the molecule is CCCCSN1CCCCC1CNc1nc(-c2c[nH]c3ncc(Cl)cc23)ncc1F. The molecule has 4 rings (SSSR count). The fourth-order valence-electron chi connectivity index (χ4n) is 3.67. The lowest BCUT2D eigenvalue weighted by atomic mass is 10.1. The highest BCUT2D eigenvalue weighted by Crippen LogP contribution is 2.29. The third kappa shape index (κ3) is 4.87. The number of nitrogens with zero attached hydrogens (tertiary/aromatic N) is 4. The molecule has 0 bridgehead atoms. The topological polar surface area (TPSA) is 69.7 Å². The second kappa shape index (κ2) is 9.94. The number of aromatic nitrogens is 4. The summed E-state index contributed by atoms with van der Waals surface area (Å²) in [6.07, 6.45) is 10.5. The Bertz CT molecular complexity index is 997. The molecule has 1 aliphatic rings. The summed E-state index contributed by atoms with van der Waals surface area (Å²) in [5.74, 6) is 1.35.